The molecule has 2 aromatic rings. The van der Waals surface area contributed by atoms with Crippen LogP contribution in [0.2, 0.25) is 0 Å². The van der Waals surface area contributed by atoms with Gasteiger partial charge in [-0.2, -0.15) is 0 Å². The van der Waals surface area contributed by atoms with Crippen molar-refractivity contribution < 1.29 is 14.3 Å². The second-order valence-electron chi connectivity index (χ2n) is 6.49. The van der Waals surface area contributed by atoms with Crippen LogP contribution >= 0.6 is 0 Å². The maximum Gasteiger partial charge on any atom is 0.365 e. The highest BCUT2D eigenvalue weighted by atomic mass is 16.6. The van der Waals surface area contributed by atoms with Gasteiger partial charge in [0.05, 0.1) is 6.54 Å². The molecule has 5 nitrogen and oxygen atoms in total. The van der Waals surface area contributed by atoms with Gasteiger partial charge in [-0.25, -0.2) is 9.59 Å². The van der Waals surface area contributed by atoms with E-state index >= 15 is 0 Å². The smallest absolute Gasteiger partial charge is 0.365 e. The fourth-order valence-corrected chi connectivity index (χ4v) is 3.39. The molecule has 0 unspecified atom stereocenters. The zero-order valence-electron chi connectivity index (χ0n) is 14.4. The van der Waals surface area contributed by atoms with Gasteiger partial charge in [-0.05, 0) is 37.6 Å². The maximum absolute atomic E-state index is 12.4. The molecular weight excluding hydrogens is 316 g/mol. The van der Waals surface area contributed by atoms with Crippen LogP contribution in [0.3, 0.4) is 0 Å². The molecule has 2 aliphatic heterocycles. The number of likely N-dealkylation sites (N-methyl/N-ethyl adjacent to an activating group) is 1. The Hall–Kier alpha value is -3.08. The number of benzene rings is 2. The lowest BCUT2D eigenvalue weighted by Gasteiger charge is -2.23. The van der Waals surface area contributed by atoms with Crippen molar-refractivity contribution >= 4 is 23.3 Å². The second kappa shape index (κ2) is 5.48. The Morgan fingerprint density at radius 1 is 0.880 bits per heavy atom. The van der Waals surface area contributed by atoms with E-state index in [-0.39, 0.29) is 5.70 Å². The molecule has 126 valence electrons. The van der Waals surface area contributed by atoms with Gasteiger partial charge in [0.2, 0.25) is 0 Å². The summed E-state index contributed by atoms with van der Waals surface area (Å²) < 4.78 is 4.91. The first kappa shape index (κ1) is 15.4. The Bertz CT molecular complexity index is 928. The van der Waals surface area contributed by atoms with Gasteiger partial charge < -0.3 is 14.5 Å². The quantitative estimate of drug-likeness (QED) is 0.593. The third-order valence-electron chi connectivity index (χ3n) is 4.67. The Kier molecular flexibility index (Phi) is 3.39. The largest absolute Gasteiger partial charge is 0.383 e. The van der Waals surface area contributed by atoms with Crippen molar-refractivity contribution in [2.45, 2.75) is 20.4 Å². The highest BCUT2D eigenvalue weighted by Gasteiger charge is 2.42. The molecule has 25 heavy (non-hydrogen) atoms. The van der Waals surface area contributed by atoms with E-state index in [9.17, 15) is 9.59 Å². The molecule has 0 radical (unpaired) electrons. The first-order chi connectivity index (χ1) is 12.0. The van der Waals surface area contributed by atoms with Gasteiger partial charge in [0.15, 0.2) is 11.4 Å². The minimum atomic E-state index is -0.604. The van der Waals surface area contributed by atoms with Crippen LogP contribution in [0, 0.1) is 13.8 Å². The molecule has 0 aliphatic carbocycles. The molecular formula is C20H18N2O3. The molecule has 0 spiro atoms. The maximum atomic E-state index is 12.4. The van der Waals surface area contributed by atoms with Gasteiger partial charge in [-0.3, -0.25) is 0 Å². The molecule has 0 atom stereocenters. The summed E-state index contributed by atoms with van der Waals surface area (Å²) in [5.41, 5.74) is 5.65. The van der Waals surface area contributed by atoms with Crippen molar-refractivity contribution in [1.29, 1.82) is 0 Å². The van der Waals surface area contributed by atoms with E-state index < -0.39 is 11.9 Å². The standard InChI is InChI=1S/C20H18N2O3/c1-12-4-7-15(8-5-12)22-11-14-10-13(2)6-9-16(14)21(3)17-18(22)20(24)25-19(17)23/h4-10H,11H2,1-3H3. The number of ether oxygens (including phenoxy) is 1. The number of hydrogen-bond acceptors (Lipinski definition) is 5. The number of fused-ring (bicyclic) bond motifs is 1. The molecule has 0 fully saturated rings. The van der Waals surface area contributed by atoms with Gasteiger partial charge >= 0.3 is 11.9 Å². The Balaban J connectivity index is 1.95. The van der Waals surface area contributed by atoms with E-state index in [2.05, 4.69) is 6.07 Å². The number of carbonyl (C=O) groups excluding carboxylic acids is 2. The van der Waals surface area contributed by atoms with Gasteiger partial charge in [0.1, 0.15) is 0 Å². The van der Waals surface area contributed by atoms with E-state index in [0.717, 1.165) is 28.1 Å². The topological polar surface area (TPSA) is 49.9 Å². The van der Waals surface area contributed by atoms with Gasteiger partial charge in [-0.1, -0.05) is 35.4 Å². The number of anilines is 2. The van der Waals surface area contributed by atoms with Crippen LogP contribution < -0.4 is 9.80 Å². The number of rotatable bonds is 1. The molecule has 0 aromatic heterocycles. The minimum absolute atomic E-state index is 0.285. The molecule has 2 aromatic carbocycles. The number of aryl methyl sites for hydroxylation is 2. The first-order valence-electron chi connectivity index (χ1n) is 8.14. The normalized spacial score (nSPS) is 16.6. The fourth-order valence-electron chi connectivity index (χ4n) is 3.39. The second-order valence-corrected chi connectivity index (χ2v) is 6.49. The van der Waals surface area contributed by atoms with Crippen molar-refractivity contribution in [2.75, 3.05) is 16.8 Å². The number of cyclic esters (lactones) is 2. The molecule has 0 amide bonds. The highest BCUT2D eigenvalue weighted by molar-refractivity contribution is 6.16. The molecule has 2 heterocycles. The molecule has 4 rings (SSSR count). The summed E-state index contributed by atoms with van der Waals surface area (Å²) in [6, 6.07) is 14.0. The predicted octanol–water partition coefficient (Wildman–Crippen LogP) is 3.05. The lowest BCUT2D eigenvalue weighted by Crippen LogP contribution is -2.26. The van der Waals surface area contributed by atoms with Crippen LogP contribution in [0.25, 0.3) is 0 Å². The molecule has 0 saturated heterocycles. The Labute approximate surface area is 146 Å². The van der Waals surface area contributed by atoms with E-state index in [0.29, 0.717) is 12.2 Å². The van der Waals surface area contributed by atoms with Crippen molar-refractivity contribution in [3.63, 3.8) is 0 Å². The summed E-state index contributed by atoms with van der Waals surface area (Å²) in [5, 5.41) is 0. The van der Waals surface area contributed by atoms with Gasteiger partial charge in [0.25, 0.3) is 0 Å². The van der Waals surface area contributed by atoms with E-state index in [1.54, 1.807) is 11.9 Å². The summed E-state index contributed by atoms with van der Waals surface area (Å²) in [5.74, 6) is -1.20. The summed E-state index contributed by atoms with van der Waals surface area (Å²) in [4.78, 5) is 28.4. The number of esters is 2. The van der Waals surface area contributed by atoms with Crippen LogP contribution in [0.15, 0.2) is 53.9 Å². The van der Waals surface area contributed by atoms with Crippen molar-refractivity contribution in [2.24, 2.45) is 0 Å². The third-order valence-corrected chi connectivity index (χ3v) is 4.67. The molecule has 0 bridgehead atoms. The average Bonchev–Trinajstić information content (AvgIpc) is 2.79. The van der Waals surface area contributed by atoms with Crippen molar-refractivity contribution in [3.8, 4) is 0 Å². The summed E-state index contributed by atoms with van der Waals surface area (Å²) in [6.45, 7) is 4.53. The van der Waals surface area contributed by atoms with E-state index in [1.165, 1.54) is 0 Å². The SMILES string of the molecule is Cc1ccc(N2Cc3cc(C)ccc3N(C)C3=C2C(=O)OC3=O)cc1. The van der Waals surface area contributed by atoms with E-state index in [4.69, 9.17) is 4.74 Å². The van der Waals surface area contributed by atoms with Crippen LogP contribution in [0.5, 0.6) is 0 Å². The molecule has 0 N–H and O–H groups in total. The Morgan fingerprint density at radius 2 is 1.52 bits per heavy atom. The van der Waals surface area contributed by atoms with Crippen LogP contribution in [0.1, 0.15) is 16.7 Å². The van der Waals surface area contributed by atoms with Crippen LogP contribution in [0.4, 0.5) is 11.4 Å². The first-order valence-corrected chi connectivity index (χ1v) is 8.14. The molecule has 5 heteroatoms. The summed E-state index contributed by atoms with van der Waals surface area (Å²) in [7, 11) is 1.79. The molecule has 0 saturated carbocycles. The Morgan fingerprint density at radius 3 is 2.24 bits per heavy atom. The van der Waals surface area contributed by atoms with E-state index in [1.807, 2.05) is 55.1 Å². The number of hydrogen-bond donors (Lipinski definition) is 0. The van der Waals surface area contributed by atoms with Crippen LogP contribution in [-0.4, -0.2) is 19.0 Å². The third kappa shape index (κ3) is 2.39. The zero-order chi connectivity index (χ0) is 17.7. The number of nitrogens with zero attached hydrogens (tertiary/aromatic N) is 2. The average molecular weight is 334 g/mol. The predicted molar refractivity (Wildman–Crippen MR) is 95.1 cm³/mol. The lowest BCUT2D eigenvalue weighted by atomic mass is 10.1. The summed E-state index contributed by atoms with van der Waals surface area (Å²) in [6.07, 6.45) is 0. The van der Waals surface area contributed by atoms with Gasteiger partial charge in [-0.15, -0.1) is 0 Å². The van der Waals surface area contributed by atoms with Crippen molar-refractivity contribution in [3.05, 3.63) is 70.5 Å². The summed E-state index contributed by atoms with van der Waals surface area (Å²) >= 11 is 0. The monoisotopic (exact) mass is 334 g/mol. The fraction of sp³-hybridized carbons (Fsp3) is 0.200. The van der Waals surface area contributed by atoms with Crippen molar-refractivity contribution in [1.82, 2.24) is 0 Å². The minimum Gasteiger partial charge on any atom is -0.383 e. The zero-order valence-corrected chi connectivity index (χ0v) is 14.4. The number of carbonyl (C=O) groups is 2. The van der Waals surface area contributed by atoms with Crippen LogP contribution in [-0.2, 0) is 20.9 Å². The van der Waals surface area contributed by atoms with Gasteiger partial charge in [0, 0.05) is 18.4 Å². The lowest BCUT2D eigenvalue weighted by molar-refractivity contribution is -0.151. The molecule has 2 aliphatic rings. The highest BCUT2D eigenvalue weighted by Crippen LogP contribution is 2.38.